The topological polar surface area (TPSA) is 102 Å². The SMILES string of the molecule is CC(=O)Nc1cc(NC(=O)c2cc(-c3ccccc3)nc3c2cnn3Cc2ccncc2)ccc1F. The van der Waals surface area contributed by atoms with Crippen molar-refractivity contribution in [1.82, 2.24) is 19.7 Å². The third kappa shape index (κ3) is 4.80. The summed E-state index contributed by atoms with van der Waals surface area (Å²) in [5.74, 6) is -1.43. The molecule has 0 aliphatic heterocycles. The molecule has 0 unspecified atom stereocenters. The number of anilines is 2. The van der Waals surface area contributed by atoms with Gasteiger partial charge in [-0.1, -0.05) is 30.3 Å². The zero-order valence-electron chi connectivity index (χ0n) is 19.3. The number of fused-ring (bicyclic) bond motifs is 1. The molecule has 8 nitrogen and oxygen atoms in total. The number of nitrogens with zero attached hydrogens (tertiary/aromatic N) is 4. The van der Waals surface area contributed by atoms with Crippen molar-refractivity contribution in [2.75, 3.05) is 10.6 Å². The van der Waals surface area contributed by atoms with Gasteiger partial charge in [-0.2, -0.15) is 5.10 Å². The maximum absolute atomic E-state index is 14.1. The number of carbonyl (C=O) groups is 2. The van der Waals surface area contributed by atoms with Gasteiger partial charge < -0.3 is 10.6 Å². The molecule has 0 spiro atoms. The summed E-state index contributed by atoms with van der Waals surface area (Å²) in [6.45, 7) is 1.74. The van der Waals surface area contributed by atoms with E-state index < -0.39 is 17.6 Å². The lowest BCUT2D eigenvalue weighted by Crippen LogP contribution is -2.14. The third-order valence-corrected chi connectivity index (χ3v) is 5.54. The number of amides is 2. The van der Waals surface area contributed by atoms with Crippen LogP contribution < -0.4 is 10.6 Å². The molecule has 0 fully saturated rings. The molecule has 36 heavy (non-hydrogen) atoms. The molecule has 5 rings (SSSR count). The number of aromatic nitrogens is 4. The van der Waals surface area contributed by atoms with Crippen LogP contribution in [-0.2, 0) is 11.3 Å². The monoisotopic (exact) mass is 480 g/mol. The van der Waals surface area contributed by atoms with Gasteiger partial charge in [0.15, 0.2) is 5.65 Å². The smallest absolute Gasteiger partial charge is 0.256 e. The van der Waals surface area contributed by atoms with Crippen molar-refractivity contribution < 1.29 is 14.0 Å². The number of nitrogens with one attached hydrogen (secondary N) is 2. The molecule has 0 aliphatic carbocycles. The summed E-state index contributed by atoms with van der Waals surface area (Å²) >= 11 is 0. The predicted octanol–water partition coefficient (Wildman–Crippen LogP) is 4.89. The number of benzene rings is 2. The summed E-state index contributed by atoms with van der Waals surface area (Å²) in [5, 5.41) is 10.3. The first kappa shape index (κ1) is 22.9. The minimum Gasteiger partial charge on any atom is -0.324 e. The Balaban J connectivity index is 1.56. The molecule has 3 heterocycles. The molecule has 0 atom stereocenters. The van der Waals surface area contributed by atoms with E-state index in [4.69, 9.17) is 4.98 Å². The number of carbonyl (C=O) groups excluding carboxylic acids is 2. The fraction of sp³-hybridized carbons (Fsp3) is 0.0741. The average Bonchev–Trinajstić information content (AvgIpc) is 3.29. The Labute approximate surface area is 205 Å². The Morgan fingerprint density at radius 1 is 0.972 bits per heavy atom. The zero-order valence-corrected chi connectivity index (χ0v) is 19.3. The largest absolute Gasteiger partial charge is 0.324 e. The first-order valence-electron chi connectivity index (χ1n) is 11.2. The van der Waals surface area contributed by atoms with E-state index in [0.717, 1.165) is 11.1 Å². The third-order valence-electron chi connectivity index (χ3n) is 5.54. The molecule has 0 saturated heterocycles. The molecule has 2 aromatic carbocycles. The van der Waals surface area contributed by atoms with Crippen molar-refractivity contribution in [3.8, 4) is 11.3 Å². The van der Waals surface area contributed by atoms with Crippen molar-refractivity contribution in [2.45, 2.75) is 13.5 Å². The Morgan fingerprint density at radius 2 is 1.75 bits per heavy atom. The van der Waals surface area contributed by atoms with Crippen LogP contribution in [0.2, 0.25) is 0 Å². The van der Waals surface area contributed by atoms with E-state index in [1.54, 1.807) is 29.3 Å². The molecule has 178 valence electrons. The van der Waals surface area contributed by atoms with Crippen molar-refractivity contribution >= 4 is 34.2 Å². The van der Waals surface area contributed by atoms with Crippen LogP contribution in [0.1, 0.15) is 22.8 Å². The maximum atomic E-state index is 14.1. The highest BCUT2D eigenvalue weighted by Gasteiger charge is 2.18. The van der Waals surface area contributed by atoms with Crippen LogP contribution in [0.5, 0.6) is 0 Å². The van der Waals surface area contributed by atoms with Gasteiger partial charge in [-0.05, 0) is 42.0 Å². The molecular formula is C27H21FN6O2. The molecule has 0 aliphatic rings. The zero-order chi connectivity index (χ0) is 25.1. The van der Waals surface area contributed by atoms with Crippen LogP contribution in [0.25, 0.3) is 22.3 Å². The Bertz CT molecular complexity index is 1570. The minimum absolute atomic E-state index is 0.0182. The van der Waals surface area contributed by atoms with E-state index in [-0.39, 0.29) is 5.69 Å². The van der Waals surface area contributed by atoms with Crippen LogP contribution >= 0.6 is 0 Å². The van der Waals surface area contributed by atoms with Gasteiger partial charge in [0.05, 0.1) is 35.1 Å². The second-order valence-corrected chi connectivity index (χ2v) is 8.15. The molecular weight excluding hydrogens is 459 g/mol. The standard InChI is InChI=1S/C27H21FN6O2/c1-17(35)31-25-13-20(7-8-23(25)28)32-27(36)21-14-24(19-5-3-2-4-6-19)33-26-22(21)15-30-34(26)16-18-9-11-29-12-10-18/h2-15H,16H2,1H3,(H,31,35)(H,32,36). The highest BCUT2D eigenvalue weighted by molar-refractivity contribution is 6.12. The normalized spacial score (nSPS) is 10.8. The van der Waals surface area contributed by atoms with Gasteiger partial charge >= 0.3 is 0 Å². The Morgan fingerprint density at radius 3 is 2.50 bits per heavy atom. The summed E-state index contributed by atoms with van der Waals surface area (Å²) in [7, 11) is 0. The van der Waals surface area contributed by atoms with E-state index in [1.807, 2.05) is 42.5 Å². The minimum atomic E-state index is -0.599. The van der Waals surface area contributed by atoms with Gasteiger partial charge in [0.2, 0.25) is 5.91 Å². The van der Waals surface area contributed by atoms with Crippen LogP contribution in [0.3, 0.4) is 0 Å². The van der Waals surface area contributed by atoms with Gasteiger partial charge in [0.25, 0.3) is 5.91 Å². The lowest BCUT2D eigenvalue weighted by Gasteiger charge is -2.11. The Hall–Kier alpha value is -4.92. The van der Waals surface area contributed by atoms with Gasteiger partial charge in [-0.25, -0.2) is 14.1 Å². The lowest BCUT2D eigenvalue weighted by atomic mass is 10.1. The van der Waals surface area contributed by atoms with Crippen molar-refractivity contribution in [2.24, 2.45) is 0 Å². The number of rotatable bonds is 6. The fourth-order valence-electron chi connectivity index (χ4n) is 3.86. The highest BCUT2D eigenvalue weighted by atomic mass is 19.1. The molecule has 3 aromatic heterocycles. The number of halogens is 1. The van der Waals surface area contributed by atoms with Crippen molar-refractivity contribution in [3.63, 3.8) is 0 Å². The van der Waals surface area contributed by atoms with Gasteiger partial charge in [0, 0.05) is 30.6 Å². The molecule has 2 amide bonds. The molecule has 0 saturated carbocycles. The van der Waals surface area contributed by atoms with Crippen LogP contribution in [0.15, 0.2) is 85.3 Å². The second kappa shape index (κ2) is 9.75. The van der Waals surface area contributed by atoms with Gasteiger partial charge in [-0.3, -0.25) is 14.6 Å². The van der Waals surface area contributed by atoms with E-state index in [2.05, 4.69) is 20.7 Å². The van der Waals surface area contributed by atoms with Crippen molar-refractivity contribution in [3.05, 3.63) is 102 Å². The number of hydrogen-bond acceptors (Lipinski definition) is 5. The van der Waals surface area contributed by atoms with Crippen LogP contribution in [0.4, 0.5) is 15.8 Å². The Kier molecular flexibility index (Phi) is 6.19. The lowest BCUT2D eigenvalue weighted by molar-refractivity contribution is -0.114. The summed E-state index contributed by atoms with van der Waals surface area (Å²) in [6.07, 6.45) is 5.03. The molecule has 9 heteroatoms. The number of pyridine rings is 2. The van der Waals surface area contributed by atoms with Crippen LogP contribution in [-0.4, -0.2) is 31.6 Å². The van der Waals surface area contributed by atoms with Gasteiger partial charge in [0.1, 0.15) is 5.82 Å². The van der Waals surface area contributed by atoms with Crippen LogP contribution in [0, 0.1) is 5.82 Å². The van der Waals surface area contributed by atoms with Gasteiger partial charge in [-0.15, -0.1) is 0 Å². The molecule has 0 radical (unpaired) electrons. The summed E-state index contributed by atoms with van der Waals surface area (Å²) in [5.41, 5.74) is 3.68. The summed E-state index contributed by atoms with van der Waals surface area (Å²) in [4.78, 5) is 33.7. The second-order valence-electron chi connectivity index (χ2n) is 8.15. The van der Waals surface area contributed by atoms with E-state index >= 15 is 0 Å². The predicted molar refractivity (Wildman–Crippen MR) is 135 cm³/mol. The molecule has 5 aromatic rings. The fourth-order valence-corrected chi connectivity index (χ4v) is 3.86. The molecule has 0 bridgehead atoms. The molecule has 2 N–H and O–H groups in total. The first-order valence-corrected chi connectivity index (χ1v) is 11.2. The highest BCUT2D eigenvalue weighted by Crippen LogP contribution is 2.27. The first-order chi connectivity index (χ1) is 17.5. The van der Waals surface area contributed by atoms with E-state index in [9.17, 15) is 14.0 Å². The number of hydrogen-bond donors (Lipinski definition) is 2. The maximum Gasteiger partial charge on any atom is 0.256 e. The summed E-state index contributed by atoms with van der Waals surface area (Å²) < 4.78 is 15.8. The average molecular weight is 481 g/mol. The van der Waals surface area contributed by atoms with E-state index in [1.165, 1.54) is 25.1 Å². The quantitative estimate of drug-likeness (QED) is 0.360. The summed E-state index contributed by atoms with van der Waals surface area (Å²) in [6, 6.07) is 19.0. The van der Waals surface area contributed by atoms with E-state index in [0.29, 0.717) is 34.5 Å². The van der Waals surface area contributed by atoms with Crippen molar-refractivity contribution in [1.29, 1.82) is 0 Å².